The highest BCUT2D eigenvalue weighted by atomic mass is 35.5. The molecule has 1 heterocycles. The van der Waals surface area contributed by atoms with Crippen LogP contribution in [0.3, 0.4) is 0 Å². The van der Waals surface area contributed by atoms with Gasteiger partial charge in [0.1, 0.15) is 11.6 Å². The van der Waals surface area contributed by atoms with Crippen molar-refractivity contribution in [3.8, 4) is 0 Å². The molecule has 0 nitrogen and oxygen atoms in total. The minimum Gasteiger partial charge on any atom is -0.207 e. The maximum Gasteiger partial charge on any atom is 0.161 e. The van der Waals surface area contributed by atoms with Gasteiger partial charge in [-0.3, -0.25) is 0 Å². The predicted octanol–water partition coefficient (Wildman–Crippen LogP) is 5.79. The van der Waals surface area contributed by atoms with Crippen LogP contribution in [-0.2, 0) is 0 Å². The lowest BCUT2D eigenvalue weighted by atomic mass is 10.1. The zero-order valence-electron chi connectivity index (χ0n) is 10.3. The van der Waals surface area contributed by atoms with Crippen LogP contribution >= 0.6 is 22.9 Å². The van der Waals surface area contributed by atoms with Crippen LogP contribution in [0, 0.1) is 23.3 Å². The van der Waals surface area contributed by atoms with E-state index < -0.39 is 22.8 Å². The molecule has 0 fully saturated rings. The predicted molar refractivity (Wildman–Crippen MR) is 75.8 cm³/mol. The Morgan fingerprint density at radius 3 is 2.33 bits per heavy atom. The molecule has 0 aliphatic rings. The second-order valence-corrected chi connectivity index (χ2v) is 6.03. The van der Waals surface area contributed by atoms with Crippen molar-refractivity contribution in [2.75, 3.05) is 0 Å². The van der Waals surface area contributed by atoms with Gasteiger partial charge in [-0.15, -0.1) is 22.9 Å². The number of thiophene rings is 1. The average Bonchev–Trinajstić information content (AvgIpc) is 2.85. The monoisotopic (exact) mass is 330 g/mol. The molecule has 0 N–H and O–H groups in total. The molecule has 1 aromatic heterocycles. The molecule has 0 aliphatic carbocycles. The summed E-state index contributed by atoms with van der Waals surface area (Å²) < 4.78 is 53.7. The molecule has 3 aromatic rings. The van der Waals surface area contributed by atoms with Gasteiger partial charge in [0.05, 0.1) is 5.38 Å². The van der Waals surface area contributed by atoms with Crippen molar-refractivity contribution in [1.29, 1.82) is 0 Å². The third kappa shape index (κ3) is 2.63. The van der Waals surface area contributed by atoms with Gasteiger partial charge in [0.15, 0.2) is 11.6 Å². The highest BCUT2D eigenvalue weighted by Crippen LogP contribution is 2.38. The molecule has 0 saturated carbocycles. The fraction of sp³-hybridized carbons (Fsp3) is 0.0667. The van der Waals surface area contributed by atoms with Gasteiger partial charge in [-0.25, -0.2) is 17.6 Å². The Balaban J connectivity index is 2.07. The van der Waals surface area contributed by atoms with E-state index in [9.17, 15) is 17.6 Å². The number of hydrogen-bond donors (Lipinski definition) is 0. The molecule has 1 atom stereocenters. The first-order valence-electron chi connectivity index (χ1n) is 5.93. The molecule has 0 radical (unpaired) electrons. The minimum atomic E-state index is -1.27. The van der Waals surface area contributed by atoms with E-state index in [4.69, 9.17) is 11.6 Å². The third-order valence-electron chi connectivity index (χ3n) is 3.06. The molecule has 0 aliphatic heterocycles. The summed E-state index contributed by atoms with van der Waals surface area (Å²) in [6.45, 7) is 0. The van der Waals surface area contributed by atoms with E-state index >= 15 is 0 Å². The molecular formula is C15H7ClF4S. The fourth-order valence-electron chi connectivity index (χ4n) is 2.04. The van der Waals surface area contributed by atoms with Crippen molar-refractivity contribution in [1.82, 2.24) is 0 Å². The van der Waals surface area contributed by atoms with Gasteiger partial charge in [-0.2, -0.15) is 0 Å². The van der Waals surface area contributed by atoms with Crippen LogP contribution in [0.2, 0.25) is 0 Å². The van der Waals surface area contributed by atoms with Crippen molar-refractivity contribution >= 4 is 33.0 Å². The van der Waals surface area contributed by atoms with Crippen LogP contribution in [0.1, 0.15) is 15.8 Å². The van der Waals surface area contributed by atoms with Gasteiger partial charge in [-0.1, -0.05) is 6.07 Å². The van der Waals surface area contributed by atoms with Crippen LogP contribution in [0.5, 0.6) is 0 Å². The Labute approximate surface area is 126 Å². The molecule has 0 saturated heterocycles. The first kappa shape index (κ1) is 14.4. The summed E-state index contributed by atoms with van der Waals surface area (Å²) >= 11 is 7.34. The number of hydrogen-bond acceptors (Lipinski definition) is 1. The zero-order valence-corrected chi connectivity index (χ0v) is 11.9. The summed E-state index contributed by atoms with van der Waals surface area (Å²) in [5.41, 5.74) is -0.150. The number of benzene rings is 2. The van der Waals surface area contributed by atoms with Crippen LogP contribution < -0.4 is 0 Å². The summed E-state index contributed by atoms with van der Waals surface area (Å²) in [6, 6.07) is 7.11. The summed E-state index contributed by atoms with van der Waals surface area (Å²) in [4.78, 5) is 0.530. The molecule has 108 valence electrons. The molecule has 0 spiro atoms. The molecule has 6 heteroatoms. The Morgan fingerprint density at radius 2 is 1.57 bits per heavy atom. The summed E-state index contributed by atoms with van der Waals surface area (Å²) in [7, 11) is 0. The first-order chi connectivity index (χ1) is 9.95. The highest BCUT2D eigenvalue weighted by Gasteiger charge is 2.20. The van der Waals surface area contributed by atoms with Gasteiger partial charge in [0, 0.05) is 21.2 Å². The maximum atomic E-state index is 13.7. The highest BCUT2D eigenvalue weighted by molar-refractivity contribution is 7.19. The minimum absolute atomic E-state index is 0.150. The molecule has 0 amide bonds. The lowest BCUT2D eigenvalue weighted by Gasteiger charge is -2.09. The summed E-state index contributed by atoms with van der Waals surface area (Å²) in [6.07, 6.45) is 0. The zero-order chi connectivity index (χ0) is 15.1. The number of rotatable bonds is 2. The second-order valence-electron chi connectivity index (χ2n) is 4.48. The maximum absolute atomic E-state index is 13.7. The molecule has 0 bridgehead atoms. The van der Waals surface area contributed by atoms with Gasteiger partial charge in [0.2, 0.25) is 0 Å². The lowest BCUT2D eigenvalue weighted by molar-refractivity contribution is 0.490. The molecule has 21 heavy (non-hydrogen) atoms. The van der Waals surface area contributed by atoms with E-state index in [1.54, 1.807) is 12.1 Å². The molecule has 2 aromatic carbocycles. The van der Waals surface area contributed by atoms with Crippen molar-refractivity contribution in [3.63, 3.8) is 0 Å². The van der Waals surface area contributed by atoms with Gasteiger partial charge >= 0.3 is 0 Å². The number of halogens is 5. The summed E-state index contributed by atoms with van der Waals surface area (Å²) in [5, 5.41) is -0.217. The molecule has 3 rings (SSSR count). The standard InChI is InChI=1S/C15H7ClF4S/c16-15(9-5-11(19)12(20)6-10(9)18)14-3-7-1-2-8(17)4-13(7)21-14/h1-6,15H. The van der Waals surface area contributed by atoms with Gasteiger partial charge in [0.25, 0.3) is 0 Å². The van der Waals surface area contributed by atoms with Gasteiger partial charge in [-0.05, 0) is 29.7 Å². The van der Waals surface area contributed by atoms with Crippen molar-refractivity contribution < 1.29 is 17.6 Å². The Morgan fingerprint density at radius 1 is 0.857 bits per heavy atom. The first-order valence-corrected chi connectivity index (χ1v) is 7.18. The van der Waals surface area contributed by atoms with E-state index in [0.29, 0.717) is 15.6 Å². The quantitative estimate of drug-likeness (QED) is 0.317. The van der Waals surface area contributed by atoms with E-state index in [2.05, 4.69) is 0 Å². The van der Waals surface area contributed by atoms with Crippen LogP contribution in [0.25, 0.3) is 10.1 Å². The van der Waals surface area contributed by atoms with Crippen molar-refractivity contribution in [3.05, 3.63) is 70.1 Å². The Hall–Kier alpha value is -1.59. The fourth-order valence-corrected chi connectivity index (χ4v) is 3.49. The largest absolute Gasteiger partial charge is 0.207 e. The molecule has 1 unspecified atom stereocenters. The smallest absolute Gasteiger partial charge is 0.161 e. The topological polar surface area (TPSA) is 0 Å². The van der Waals surface area contributed by atoms with Crippen molar-refractivity contribution in [2.24, 2.45) is 0 Å². The van der Waals surface area contributed by atoms with Crippen molar-refractivity contribution in [2.45, 2.75) is 5.38 Å². The average molecular weight is 331 g/mol. The summed E-state index contributed by atoms with van der Waals surface area (Å²) in [5.74, 6) is -3.73. The van der Waals surface area contributed by atoms with Crippen LogP contribution in [0.4, 0.5) is 17.6 Å². The van der Waals surface area contributed by atoms with E-state index in [1.807, 2.05) is 0 Å². The van der Waals surface area contributed by atoms with E-state index in [0.717, 1.165) is 11.5 Å². The van der Waals surface area contributed by atoms with Crippen LogP contribution in [0.15, 0.2) is 36.4 Å². The van der Waals surface area contributed by atoms with Crippen LogP contribution in [-0.4, -0.2) is 0 Å². The second kappa shape index (κ2) is 5.31. The third-order valence-corrected chi connectivity index (χ3v) is 4.83. The van der Waals surface area contributed by atoms with Gasteiger partial charge < -0.3 is 0 Å². The van der Waals surface area contributed by atoms with E-state index in [-0.39, 0.29) is 11.4 Å². The number of alkyl halides is 1. The SMILES string of the molecule is Fc1ccc2cc(C(Cl)c3cc(F)c(F)cc3F)sc2c1. The normalized spacial score (nSPS) is 12.8. The van der Waals surface area contributed by atoms with E-state index in [1.165, 1.54) is 23.5 Å². The number of fused-ring (bicyclic) bond motifs is 1. The molecular weight excluding hydrogens is 324 g/mol. The Bertz CT molecular complexity index is 828. The Kier molecular flexibility index (Phi) is 3.63. The lowest BCUT2D eigenvalue weighted by Crippen LogP contribution is -1.98.